The number of piperidine rings is 1. The molecule has 2 amide bonds. The minimum absolute atomic E-state index is 0.0252. The van der Waals surface area contributed by atoms with Gasteiger partial charge in [0.1, 0.15) is 17.3 Å². The Morgan fingerprint density at radius 2 is 1.87 bits per heavy atom. The zero-order valence-corrected chi connectivity index (χ0v) is 25.3. The quantitative estimate of drug-likeness (QED) is 0.259. The van der Waals surface area contributed by atoms with Gasteiger partial charge in [0.25, 0.3) is 11.8 Å². The number of fused-ring (bicyclic) bond motifs is 1. The summed E-state index contributed by atoms with van der Waals surface area (Å²) in [5.74, 6) is -8.10. The van der Waals surface area contributed by atoms with Crippen molar-refractivity contribution in [2.24, 2.45) is 0 Å². The van der Waals surface area contributed by atoms with Crippen LogP contribution in [0.2, 0.25) is 0 Å². The van der Waals surface area contributed by atoms with Gasteiger partial charge in [-0.05, 0) is 66.4 Å². The number of carbonyl (C=O) groups excluding carboxylic acids is 2. The Morgan fingerprint density at radius 3 is 2.59 bits per heavy atom. The summed E-state index contributed by atoms with van der Waals surface area (Å²) in [4.78, 5) is 31.6. The maximum atomic E-state index is 16.3. The van der Waals surface area contributed by atoms with E-state index >= 15 is 13.2 Å². The SMILES string of the molecule is CN(C)C(=O)c1cc2c(-c3cc(F)c([C@@H]4CCNCC4(F)F)cc3F)cc(C3=CCCN(C(=O)CCn4cccn4)C3)c(F)c2[nH]1. The van der Waals surface area contributed by atoms with Gasteiger partial charge in [-0.25, -0.2) is 22.0 Å². The van der Waals surface area contributed by atoms with Gasteiger partial charge >= 0.3 is 0 Å². The number of rotatable bonds is 7. The molecule has 0 saturated carbocycles. The highest BCUT2D eigenvalue weighted by Gasteiger charge is 2.44. The maximum Gasteiger partial charge on any atom is 0.269 e. The molecule has 0 unspecified atom stereocenters. The molecule has 2 aromatic carbocycles. The second kappa shape index (κ2) is 12.3. The summed E-state index contributed by atoms with van der Waals surface area (Å²) < 4.78 is 78.8. The molecule has 4 heterocycles. The van der Waals surface area contributed by atoms with Gasteiger partial charge in [-0.2, -0.15) is 5.10 Å². The molecule has 46 heavy (non-hydrogen) atoms. The fourth-order valence-electron chi connectivity index (χ4n) is 6.28. The van der Waals surface area contributed by atoms with E-state index in [1.54, 1.807) is 34.1 Å². The Kier molecular flexibility index (Phi) is 8.45. The number of H-pyrrole nitrogens is 1. The largest absolute Gasteiger partial charge is 0.348 e. The molecule has 2 N–H and O–H groups in total. The molecule has 0 radical (unpaired) electrons. The number of hydrogen-bond acceptors (Lipinski definition) is 4. The Balaban J connectivity index is 1.42. The first kappa shape index (κ1) is 31.5. The molecule has 242 valence electrons. The lowest BCUT2D eigenvalue weighted by Crippen LogP contribution is -2.44. The zero-order valence-electron chi connectivity index (χ0n) is 25.3. The van der Waals surface area contributed by atoms with Crippen LogP contribution in [0.1, 0.15) is 46.8 Å². The third-order valence-corrected chi connectivity index (χ3v) is 8.68. The molecule has 0 spiro atoms. The van der Waals surface area contributed by atoms with E-state index in [9.17, 15) is 18.4 Å². The van der Waals surface area contributed by atoms with E-state index in [2.05, 4.69) is 15.4 Å². The van der Waals surface area contributed by atoms with Gasteiger partial charge in [-0.15, -0.1) is 0 Å². The van der Waals surface area contributed by atoms with Crippen LogP contribution in [0.4, 0.5) is 22.0 Å². The van der Waals surface area contributed by atoms with Crippen LogP contribution in [0, 0.1) is 17.5 Å². The third kappa shape index (κ3) is 5.91. The number of hydrogen-bond donors (Lipinski definition) is 2. The molecule has 8 nitrogen and oxygen atoms in total. The second-order valence-electron chi connectivity index (χ2n) is 11.9. The van der Waals surface area contributed by atoms with Crippen LogP contribution in [-0.2, 0) is 11.3 Å². The number of aromatic amines is 1. The predicted molar refractivity (Wildman–Crippen MR) is 163 cm³/mol. The third-order valence-electron chi connectivity index (χ3n) is 8.68. The number of nitrogens with one attached hydrogen (secondary N) is 2. The molecule has 1 atom stereocenters. The van der Waals surface area contributed by atoms with Crippen LogP contribution in [0.5, 0.6) is 0 Å². The maximum absolute atomic E-state index is 16.3. The lowest BCUT2D eigenvalue weighted by molar-refractivity contribution is -0.131. The number of halogens is 5. The standard InChI is InChI=1S/C33H33F5N6O2/c1-42(2)32(46)28-16-23-21(22-14-27(35)24(15-26(22)34)25-6-9-39-18-33(25,37)38)13-20(30(36)31(23)41-28)19-5-3-10-43(17-19)29(45)7-12-44-11-4-8-40-44/h4-5,8,11,13-16,25,39,41H,3,6-7,9-10,12,17-18H2,1-2H3/t25-/m0/s1. The molecule has 0 bridgehead atoms. The average molecular weight is 641 g/mol. The smallest absolute Gasteiger partial charge is 0.269 e. The van der Waals surface area contributed by atoms with Crippen molar-refractivity contribution in [1.29, 1.82) is 0 Å². The van der Waals surface area contributed by atoms with Gasteiger partial charge in [0.2, 0.25) is 5.91 Å². The molecule has 2 aromatic heterocycles. The Hall–Kier alpha value is -4.52. The fourth-order valence-corrected chi connectivity index (χ4v) is 6.28. The van der Waals surface area contributed by atoms with Crippen LogP contribution in [0.15, 0.2) is 48.8 Å². The zero-order chi connectivity index (χ0) is 32.7. The highest BCUT2D eigenvalue weighted by atomic mass is 19.3. The van der Waals surface area contributed by atoms with Crippen LogP contribution < -0.4 is 5.32 Å². The number of amides is 2. The summed E-state index contributed by atoms with van der Waals surface area (Å²) in [5.41, 5.74) is -0.192. The number of aromatic nitrogens is 3. The monoisotopic (exact) mass is 640 g/mol. The van der Waals surface area contributed by atoms with Gasteiger partial charge in [0.15, 0.2) is 5.82 Å². The van der Waals surface area contributed by atoms with E-state index in [0.29, 0.717) is 25.1 Å². The first-order valence-electron chi connectivity index (χ1n) is 15.0. The first-order chi connectivity index (χ1) is 21.9. The highest BCUT2D eigenvalue weighted by Crippen LogP contribution is 2.43. The van der Waals surface area contributed by atoms with E-state index < -0.39 is 47.3 Å². The summed E-state index contributed by atoms with van der Waals surface area (Å²) in [7, 11) is 3.04. The van der Waals surface area contributed by atoms with Crippen LogP contribution >= 0.6 is 0 Å². The fraction of sp³-hybridized carbons (Fsp3) is 0.364. The van der Waals surface area contributed by atoms with Crippen LogP contribution in [0.25, 0.3) is 27.6 Å². The van der Waals surface area contributed by atoms with Crippen molar-refractivity contribution < 1.29 is 31.5 Å². The van der Waals surface area contributed by atoms with E-state index in [1.165, 1.54) is 31.1 Å². The molecule has 13 heteroatoms. The molecule has 0 aliphatic carbocycles. The summed E-state index contributed by atoms with van der Waals surface area (Å²) in [6, 6.07) is 6.15. The van der Waals surface area contributed by atoms with Gasteiger partial charge in [0.05, 0.1) is 18.0 Å². The van der Waals surface area contributed by atoms with E-state index in [1.807, 2.05) is 0 Å². The number of benzene rings is 2. The lowest BCUT2D eigenvalue weighted by Gasteiger charge is -2.32. The van der Waals surface area contributed by atoms with Gasteiger partial charge < -0.3 is 20.1 Å². The summed E-state index contributed by atoms with van der Waals surface area (Å²) in [5, 5.41) is 6.81. The predicted octanol–water partition coefficient (Wildman–Crippen LogP) is 5.57. The minimum Gasteiger partial charge on any atom is -0.348 e. The van der Waals surface area contributed by atoms with Crippen molar-refractivity contribution in [2.75, 3.05) is 40.3 Å². The van der Waals surface area contributed by atoms with Crippen LogP contribution in [-0.4, -0.2) is 82.6 Å². The first-order valence-corrected chi connectivity index (χ1v) is 15.0. The molecule has 2 aliphatic heterocycles. The number of nitrogens with zero attached hydrogens (tertiary/aromatic N) is 4. The van der Waals surface area contributed by atoms with Crippen molar-refractivity contribution >= 4 is 28.3 Å². The average Bonchev–Trinajstić information content (AvgIpc) is 3.72. The summed E-state index contributed by atoms with van der Waals surface area (Å²) in [6.45, 7) is 0.456. The topological polar surface area (TPSA) is 86.3 Å². The van der Waals surface area contributed by atoms with E-state index in [0.717, 1.165) is 12.1 Å². The van der Waals surface area contributed by atoms with Crippen molar-refractivity contribution in [2.45, 2.75) is 37.6 Å². The molecule has 1 fully saturated rings. The second-order valence-corrected chi connectivity index (χ2v) is 11.9. The van der Waals surface area contributed by atoms with Gasteiger partial charge in [-0.3, -0.25) is 14.3 Å². The number of aryl methyl sites for hydroxylation is 1. The van der Waals surface area contributed by atoms with Crippen molar-refractivity contribution in [3.8, 4) is 11.1 Å². The molecule has 2 aliphatic rings. The lowest BCUT2D eigenvalue weighted by atomic mass is 9.85. The van der Waals surface area contributed by atoms with Crippen molar-refractivity contribution in [3.05, 3.63) is 83.1 Å². The summed E-state index contributed by atoms with van der Waals surface area (Å²) >= 11 is 0. The van der Waals surface area contributed by atoms with E-state index in [4.69, 9.17) is 0 Å². The van der Waals surface area contributed by atoms with Crippen LogP contribution in [0.3, 0.4) is 0 Å². The number of carbonyl (C=O) groups is 2. The van der Waals surface area contributed by atoms with E-state index in [-0.39, 0.29) is 65.1 Å². The Morgan fingerprint density at radius 1 is 1.07 bits per heavy atom. The van der Waals surface area contributed by atoms with Crippen molar-refractivity contribution in [3.63, 3.8) is 0 Å². The summed E-state index contributed by atoms with van der Waals surface area (Å²) in [6.07, 6.45) is 5.70. The normalized spacial score (nSPS) is 18.1. The highest BCUT2D eigenvalue weighted by molar-refractivity contribution is 6.04. The molecular weight excluding hydrogens is 607 g/mol. The molecule has 6 rings (SSSR count). The Bertz CT molecular complexity index is 1830. The molecule has 4 aromatic rings. The molecular formula is C33H33F5N6O2. The van der Waals surface area contributed by atoms with Gasteiger partial charge in [-0.1, -0.05) is 6.08 Å². The molecule has 1 saturated heterocycles. The number of alkyl halides is 2. The Labute approximate surface area is 261 Å². The minimum atomic E-state index is -3.28. The van der Waals surface area contributed by atoms with Gasteiger partial charge in [0, 0.05) is 69.1 Å². The van der Waals surface area contributed by atoms with Crippen molar-refractivity contribution in [1.82, 2.24) is 29.9 Å².